The number of rotatable bonds is 8. The Morgan fingerprint density at radius 1 is 1.20 bits per heavy atom. The first kappa shape index (κ1) is 17.9. The van der Waals surface area contributed by atoms with Crippen molar-refractivity contribution in [3.05, 3.63) is 59.7 Å². The molecule has 1 heterocycles. The van der Waals surface area contributed by atoms with Crippen molar-refractivity contribution in [1.29, 1.82) is 0 Å². The molecule has 5 nitrogen and oxygen atoms in total. The molecule has 3 rings (SSSR count). The minimum absolute atomic E-state index is 0.277. The number of benzene rings is 2. The number of fused-ring (bicyclic) bond motifs is 1. The van der Waals surface area contributed by atoms with Crippen LogP contribution in [0.3, 0.4) is 0 Å². The van der Waals surface area contributed by atoms with Gasteiger partial charge in [0.05, 0.1) is 36.9 Å². The third-order valence-corrected chi connectivity index (χ3v) is 4.70. The summed E-state index contributed by atoms with van der Waals surface area (Å²) in [6.07, 6.45) is -0.815. The summed E-state index contributed by atoms with van der Waals surface area (Å²) in [5.74, 6) is 0.465. The molecule has 132 valence electrons. The van der Waals surface area contributed by atoms with Gasteiger partial charge in [0.1, 0.15) is 5.94 Å². The van der Waals surface area contributed by atoms with Crippen LogP contribution < -0.4 is 0 Å². The molecule has 25 heavy (non-hydrogen) atoms. The molecule has 0 amide bonds. The van der Waals surface area contributed by atoms with Gasteiger partial charge < -0.3 is 19.5 Å². The molecule has 1 aromatic heterocycles. The number of aryl methyl sites for hydroxylation is 1. The molecular weight excluding hydrogens is 336 g/mol. The Bertz CT molecular complexity index is 834. The molecule has 0 aliphatic rings. The first-order chi connectivity index (χ1) is 12.2. The fourth-order valence-electron chi connectivity index (χ4n) is 2.66. The Labute approximate surface area is 151 Å². The first-order valence-corrected chi connectivity index (χ1v) is 9.16. The molecule has 0 unspecified atom stereocenters. The number of aliphatic hydroxyl groups is 2. The second-order valence-electron chi connectivity index (χ2n) is 5.93. The summed E-state index contributed by atoms with van der Waals surface area (Å²) in [4.78, 5) is 4.61. The zero-order valence-corrected chi connectivity index (χ0v) is 14.9. The van der Waals surface area contributed by atoms with Gasteiger partial charge in [-0.15, -0.1) is 0 Å². The van der Waals surface area contributed by atoms with Gasteiger partial charge in [0, 0.05) is 0 Å². The average Bonchev–Trinajstić information content (AvgIpc) is 2.96. The van der Waals surface area contributed by atoms with Crippen LogP contribution in [0.1, 0.15) is 11.1 Å². The summed E-state index contributed by atoms with van der Waals surface area (Å²) in [5, 5.41) is 19.7. The molecule has 0 aliphatic carbocycles. The maximum Gasteiger partial charge on any atom is 0.171 e. The smallest absolute Gasteiger partial charge is 0.171 e. The lowest BCUT2D eigenvalue weighted by molar-refractivity contribution is 0.0801. The van der Waals surface area contributed by atoms with Crippen LogP contribution >= 0.6 is 11.8 Å². The number of thioether (sulfide) groups is 1. The Hall–Kier alpha value is -1.86. The Kier molecular flexibility index (Phi) is 6.09. The van der Waals surface area contributed by atoms with Crippen molar-refractivity contribution in [3.8, 4) is 0 Å². The van der Waals surface area contributed by atoms with Gasteiger partial charge >= 0.3 is 0 Å². The normalized spacial score (nSPS) is 12.6. The second-order valence-corrected chi connectivity index (χ2v) is 6.82. The SMILES string of the molecule is Cc1cccc(COCSc2nc3ccccc3n2C[C@@H](O)CO)c1. The summed E-state index contributed by atoms with van der Waals surface area (Å²) in [5.41, 5.74) is 4.17. The molecule has 0 saturated heterocycles. The number of ether oxygens (including phenoxy) is 1. The van der Waals surface area contributed by atoms with E-state index in [-0.39, 0.29) is 6.61 Å². The standard InChI is InChI=1S/C19H22N2O3S/c1-14-5-4-6-15(9-14)12-24-13-25-19-20-17-7-2-3-8-18(17)21(19)10-16(23)11-22/h2-9,16,22-23H,10-13H2,1H3/t16-/m1/s1. The fraction of sp³-hybridized carbons (Fsp3) is 0.316. The highest BCUT2D eigenvalue weighted by Gasteiger charge is 2.14. The fourth-order valence-corrected chi connectivity index (χ4v) is 3.43. The summed E-state index contributed by atoms with van der Waals surface area (Å²) in [7, 11) is 0. The molecule has 0 bridgehead atoms. The van der Waals surface area contributed by atoms with Crippen molar-refractivity contribution >= 4 is 22.8 Å². The quantitative estimate of drug-likeness (QED) is 0.368. The van der Waals surface area contributed by atoms with Crippen molar-refractivity contribution in [2.75, 3.05) is 12.5 Å². The number of nitrogens with zero attached hydrogens (tertiary/aromatic N) is 2. The third kappa shape index (κ3) is 4.61. The van der Waals surface area contributed by atoms with E-state index in [1.54, 1.807) is 0 Å². The van der Waals surface area contributed by atoms with Crippen LogP contribution in [0.25, 0.3) is 11.0 Å². The average molecular weight is 358 g/mol. The van der Waals surface area contributed by atoms with Crippen molar-refractivity contribution in [1.82, 2.24) is 9.55 Å². The lowest BCUT2D eigenvalue weighted by Crippen LogP contribution is -2.20. The number of aliphatic hydroxyl groups excluding tert-OH is 2. The maximum atomic E-state index is 9.82. The van der Waals surface area contributed by atoms with Crippen LogP contribution in [0.2, 0.25) is 0 Å². The van der Waals surface area contributed by atoms with Crippen LogP contribution in [-0.4, -0.2) is 38.4 Å². The Morgan fingerprint density at radius 2 is 2.04 bits per heavy atom. The van der Waals surface area contributed by atoms with E-state index in [4.69, 9.17) is 9.84 Å². The molecule has 0 fully saturated rings. The van der Waals surface area contributed by atoms with Crippen LogP contribution in [0, 0.1) is 6.92 Å². The lowest BCUT2D eigenvalue weighted by atomic mass is 10.1. The van der Waals surface area contributed by atoms with Gasteiger partial charge in [-0.3, -0.25) is 0 Å². The molecule has 0 spiro atoms. The third-order valence-electron chi connectivity index (χ3n) is 3.85. The van der Waals surface area contributed by atoms with Crippen molar-refractivity contribution in [3.63, 3.8) is 0 Å². The predicted octanol–water partition coefficient (Wildman–Crippen LogP) is 2.96. The summed E-state index contributed by atoms with van der Waals surface area (Å²) < 4.78 is 7.69. The van der Waals surface area contributed by atoms with Crippen molar-refractivity contribution in [2.45, 2.75) is 31.3 Å². The monoisotopic (exact) mass is 358 g/mol. The maximum absolute atomic E-state index is 9.82. The highest BCUT2D eigenvalue weighted by molar-refractivity contribution is 7.99. The molecule has 1 atom stereocenters. The van der Waals surface area contributed by atoms with E-state index in [1.807, 2.05) is 41.0 Å². The van der Waals surface area contributed by atoms with E-state index in [2.05, 4.69) is 24.0 Å². The highest BCUT2D eigenvalue weighted by Crippen LogP contribution is 2.25. The molecule has 6 heteroatoms. The van der Waals surface area contributed by atoms with Crippen LogP contribution in [0.4, 0.5) is 0 Å². The number of imidazole rings is 1. The number of hydrogen-bond donors (Lipinski definition) is 2. The van der Waals surface area contributed by atoms with Gasteiger partial charge in [0.2, 0.25) is 0 Å². The molecular formula is C19H22N2O3S. The van der Waals surface area contributed by atoms with E-state index in [0.29, 0.717) is 19.1 Å². The predicted molar refractivity (Wildman–Crippen MR) is 99.5 cm³/mol. The lowest BCUT2D eigenvalue weighted by Gasteiger charge is -2.12. The van der Waals surface area contributed by atoms with Crippen LogP contribution in [-0.2, 0) is 17.9 Å². The zero-order chi connectivity index (χ0) is 17.6. The van der Waals surface area contributed by atoms with Gasteiger partial charge in [-0.05, 0) is 24.6 Å². The second kappa shape index (κ2) is 8.49. The minimum Gasteiger partial charge on any atom is -0.394 e. The Morgan fingerprint density at radius 3 is 2.84 bits per heavy atom. The number of hydrogen-bond acceptors (Lipinski definition) is 5. The topological polar surface area (TPSA) is 67.5 Å². The number of para-hydroxylation sites is 2. The van der Waals surface area contributed by atoms with E-state index < -0.39 is 6.10 Å². The molecule has 3 aromatic rings. The largest absolute Gasteiger partial charge is 0.394 e. The highest BCUT2D eigenvalue weighted by atomic mass is 32.2. The number of aromatic nitrogens is 2. The van der Waals surface area contributed by atoms with E-state index in [1.165, 1.54) is 17.3 Å². The van der Waals surface area contributed by atoms with Gasteiger partial charge in [0.25, 0.3) is 0 Å². The Balaban J connectivity index is 1.67. The zero-order valence-electron chi connectivity index (χ0n) is 14.1. The molecule has 0 saturated carbocycles. The van der Waals surface area contributed by atoms with Crippen LogP contribution in [0.15, 0.2) is 53.7 Å². The van der Waals surface area contributed by atoms with E-state index in [0.717, 1.165) is 21.8 Å². The molecule has 0 radical (unpaired) electrons. The first-order valence-electron chi connectivity index (χ1n) is 8.17. The van der Waals surface area contributed by atoms with Crippen molar-refractivity contribution < 1.29 is 14.9 Å². The minimum atomic E-state index is -0.815. The van der Waals surface area contributed by atoms with Gasteiger partial charge in [0.15, 0.2) is 5.16 Å². The van der Waals surface area contributed by atoms with Gasteiger partial charge in [-0.1, -0.05) is 53.7 Å². The summed E-state index contributed by atoms with van der Waals surface area (Å²) in [6, 6.07) is 16.0. The van der Waals surface area contributed by atoms with Crippen molar-refractivity contribution in [2.24, 2.45) is 0 Å². The van der Waals surface area contributed by atoms with E-state index in [9.17, 15) is 5.11 Å². The van der Waals surface area contributed by atoms with Gasteiger partial charge in [-0.2, -0.15) is 0 Å². The molecule has 2 N–H and O–H groups in total. The van der Waals surface area contributed by atoms with E-state index >= 15 is 0 Å². The van der Waals surface area contributed by atoms with Crippen LogP contribution in [0.5, 0.6) is 0 Å². The summed E-state index contributed by atoms with van der Waals surface area (Å²) in [6.45, 7) is 2.64. The molecule has 0 aliphatic heterocycles. The molecule has 2 aromatic carbocycles. The summed E-state index contributed by atoms with van der Waals surface area (Å²) >= 11 is 1.49. The van der Waals surface area contributed by atoms with Gasteiger partial charge in [-0.25, -0.2) is 4.98 Å².